The zero-order chi connectivity index (χ0) is 24.5. The quantitative estimate of drug-likeness (QED) is 0.376. The van der Waals surface area contributed by atoms with Crippen molar-refractivity contribution in [2.45, 2.75) is 6.92 Å². The van der Waals surface area contributed by atoms with Gasteiger partial charge in [0.25, 0.3) is 5.91 Å². The van der Waals surface area contributed by atoms with Crippen molar-refractivity contribution >= 4 is 17.4 Å². The Kier molecular flexibility index (Phi) is 5.66. The number of methoxy groups -OCH3 is 1. The van der Waals surface area contributed by atoms with E-state index in [1.54, 1.807) is 54.2 Å². The molecule has 35 heavy (non-hydrogen) atoms. The van der Waals surface area contributed by atoms with Gasteiger partial charge in [0, 0.05) is 29.6 Å². The molecule has 7 nitrogen and oxygen atoms in total. The summed E-state index contributed by atoms with van der Waals surface area (Å²) >= 11 is 0. The Hall–Kier alpha value is -4.66. The van der Waals surface area contributed by atoms with Crippen LogP contribution in [0.4, 0.5) is 14.6 Å². The minimum atomic E-state index is -0.512. The Morgan fingerprint density at radius 2 is 1.86 bits per heavy atom. The topological polar surface area (TPSA) is 81.4 Å². The number of rotatable bonds is 5. The van der Waals surface area contributed by atoms with E-state index in [1.165, 1.54) is 25.3 Å². The average molecular weight is 471 g/mol. The van der Waals surface area contributed by atoms with Crippen molar-refractivity contribution in [2.24, 2.45) is 0 Å². The van der Waals surface area contributed by atoms with Crippen molar-refractivity contribution in [3.8, 4) is 28.3 Å². The van der Waals surface area contributed by atoms with Gasteiger partial charge in [0.1, 0.15) is 28.9 Å². The van der Waals surface area contributed by atoms with Crippen LogP contribution >= 0.6 is 0 Å². The van der Waals surface area contributed by atoms with Gasteiger partial charge < -0.3 is 10.1 Å². The monoisotopic (exact) mass is 471 g/mol. The molecule has 2 aromatic carbocycles. The lowest BCUT2D eigenvalue weighted by atomic mass is 10.0. The van der Waals surface area contributed by atoms with Gasteiger partial charge in [-0.1, -0.05) is 0 Å². The largest absolute Gasteiger partial charge is 0.496 e. The maximum absolute atomic E-state index is 13.9. The van der Waals surface area contributed by atoms with Crippen LogP contribution in [0.25, 0.3) is 28.2 Å². The van der Waals surface area contributed by atoms with E-state index >= 15 is 0 Å². The molecule has 1 amide bonds. The molecule has 0 aliphatic carbocycles. The lowest BCUT2D eigenvalue weighted by Gasteiger charge is -2.10. The van der Waals surface area contributed by atoms with Crippen LogP contribution in [-0.4, -0.2) is 32.6 Å². The predicted molar refractivity (Wildman–Crippen MR) is 127 cm³/mol. The summed E-state index contributed by atoms with van der Waals surface area (Å²) in [5.41, 5.74) is 3.94. The van der Waals surface area contributed by atoms with E-state index in [1.807, 2.05) is 6.07 Å². The summed E-state index contributed by atoms with van der Waals surface area (Å²) < 4.78 is 34.3. The Morgan fingerprint density at radius 3 is 2.66 bits per heavy atom. The number of hydrogen-bond donors (Lipinski definition) is 1. The van der Waals surface area contributed by atoms with E-state index in [-0.39, 0.29) is 22.9 Å². The maximum Gasteiger partial charge on any atom is 0.260 e. The highest BCUT2D eigenvalue weighted by Crippen LogP contribution is 2.34. The molecule has 0 aliphatic heterocycles. The first-order chi connectivity index (χ1) is 16.9. The lowest BCUT2D eigenvalue weighted by molar-refractivity contribution is 0.102. The van der Waals surface area contributed by atoms with Crippen LogP contribution in [-0.2, 0) is 0 Å². The van der Waals surface area contributed by atoms with Gasteiger partial charge in [0.2, 0.25) is 0 Å². The SMILES string of the molecule is COc1cc(F)ccc1C(=O)Nc1cc(-c2c(-c3ccc(F)c(C)c3)nc3cccnn23)ccn1. The summed E-state index contributed by atoms with van der Waals surface area (Å²) in [6, 6.07) is 15.5. The first kappa shape index (κ1) is 22.1. The fraction of sp³-hybridized carbons (Fsp3) is 0.0769. The van der Waals surface area contributed by atoms with Crippen LogP contribution in [0.3, 0.4) is 0 Å². The predicted octanol–water partition coefficient (Wildman–Crippen LogP) is 5.31. The number of nitrogens with zero attached hydrogens (tertiary/aromatic N) is 4. The number of aryl methyl sites for hydroxylation is 1. The number of hydrogen-bond acceptors (Lipinski definition) is 5. The smallest absolute Gasteiger partial charge is 0.260 e. The Labute approximate surface area is 199 Å². The average Bonchev–Trinajstić information content (AvgIpc) is 3.25. The van der Waals surface area contributed by atoms with Crippen LogP contribution in [0.5, 0.6) is 5.75 Å². The summed E-state index contributed by atoms with van der Waals surface area (Å²) in [5, 5.41) is 7.16. The first-order valence-electron chi connectivity index (χ1n) is 10.7. The zero-order valence-corrected chi connectivity index (χ0v) is 18.8. The maximum atomic E-state index is 13.9. The van der Waals surface area contributed by atoms with E-state index in [0.29, 0.717) is 28.2 Å². The molecule has 0 unspecified atom stereocenters. The molecule has 0 saturated carbocycles. The highest BCUT2D eigenvalue weighted by Gasteiger charge is 2.19. The van der Waals surface area contributed by atoms with Crippen molar-refractivity contribution in [2.75, 3.05) is 12.4 Å². The number of aromatic nitrogens is 4. The number of benzene rings is 2. The molecule has 9 heteroatoms. The van der Waals surface area contributed by atoms with E-state index in [4.69, 9.17) is 9.72 Å². The van der Waals surface area contributed by atoms with Crippen LogP contribution < -0.4 is 10.1 Å². The summed E-state index contributed by atoms with van der Waals surface area (Å²) in [7, 11) is 1.36. The number of halogens is 2. The number of nitrogens with one attached hydrogen (secondary N) is 1. The molecule has 174 valence electrons. The molecule has 1 N–H and O–H groups in total. The Morgan fingerprint density at radius 1 is 1.00 bits per heavy atom. The number of carbonyl (C=O) groups excluding carboxylic acids is 1. The second-order valence-corrected chi connectivity index (χ2v) is 7.80. The minimum Gasteiger partial charge on any atom is -0.496 e. The zero-order valence-electron chi connectivity index (χ0n) is 18.8. The molecular formula is C26H19F2N5O2. The van der Waals surface area contributed by atoms with E-state index in [9.17, 15) is 13.6 Å². The van der Waals surface area contributed by atoms with Gasteiger partial charge in [-0.15, -0.1) is 0 Å². The molecule has 0 aliphatic rings. The lowest BCUT2D eigenvalue weighted by Crippen LogP contribution is -2.14. The van der Waals surface area contributed by atoms with Gasteiger partial charge in [0.15, 0.2) is 5.65 Å². The second-order valence-electron chi connectivity index (χ2n) is 7.80. The third-order valence-corrected chi connectivity index (χ3v) is 5.51. The van der Waals surface area contributed by atoms with E-state index in [0.717, 1.165) is 11.6 Å². The molecule has 0 fully saturated rings. The summed E-state index contributed by atoms with van der Waals surface area (Å²) in [5.74, 6) is -0.939. The van der Waals surface area contributed by atoms with Crippen LogP contribution in [0.15, 0.2) is 73.1 Å². The third kappa shape index (κ3) is 4.19. The van der Waals surface area contributed by atoms with E-state index < -0.39 is 11.7 Å². The molecule has 3 aromatic heterocycles. The van der Waals surface area contributed by atoms with Gasteiger partial charge in [-0.05, 0) is 67.1 Å². The molecule has 0 spiro atoms. The molecule has 0 saturated heterocycles. The van der Waals surface area contributed by atoms with Crippen LogP contribution in [0, 0.1) is 18.6 Å². The second kappa shape index (κ2) is 8.94. The van der Waals surface area contributed by atoms with Gasteiger partial charge in [0.05, 0.1) is 18.4 Å². The number of anilines is 1. The molecule has 5 aromatic rings. The van der Waals surface area contributed by atoms with E-state index in [2.05, 4.69) is 15.4 Å². The van der Waals surface area contributed by atoms with Crippen molar-refractivity contribution in [1.82, 2.24) is 19.6 Å². The number of fused-ring (bicyclic) bond motifs is 1. The molecule has 3 heterocycles. The van der Waals surface area contributed by atoms with Crippen LogP contribution in [0.2, 0.25) is 0 Å². The molecule has 0 bridgehead atoms. The van der Waals surface area contributed by atoms with Crippen molar-refractivity contribution in [3.05, 3.63) is 95.8 Å². The number of ether oxygens (including phenoxy) is 1. The Bertz CT molecular complexity index is 1580. The number of imidazole rings is 1. The summed E-state index contributed by atoms with van der Waals surface area (Å²) in [4.78, 5) is 21.8. The van der Waals surface area contributed by atoms with Crippen molar-refractivity contribution in [1.29, 1.82) is 0 Å². The van der Waals surface area contributed by atoms with Gasteiger partial charge in [-0.2, -0.15) is 5.10 Å². The standard InChI is InChI=1S/C26H19F2N5O2/c1-15-12-16(5-8-20(15)28)24-25(33-23(32-24)4-3-10-30-33)17-9-11-29-22(13-17)31-26(34)19-7-6-18(27)14-21(19)35-2/h3-14H,1-2H3,(H,29,31,34). The normalized spacial score (nSPS) is 11.0. The first-order valence-corrected chi connectivity index (χ1v) is 10.7. The number of carbonyl (C=O) groups is 1. The van der Waals surface area contributed by atoms with Crippen LogP contribution in [0.1, 0.15) is 15.9 Å². The fourth-order valence-corrected chi connectivity index (χ4v) is 3.82. The molecular weight excluding hydrogens is 452 g/mol. The summed E-state index contributed by atoms with van der Waals surface area (Å²) in [6.45, 7) is 1.69. The third-order valence-electron chi connectivity index (χ3n) is 5.51. The highest BCUT2D eigenvalue weighted by molar-refractivity contribution is 6.06. The molecule has 0 atom stereocenters. The van der Waals surface area contributed by atoms with Gasteiger partial charge in [-0.3, -0.25) is 4.79 Å². The Balaban J connectivity index is 1.58. The minimum absolute atomic E-state index is 0.110. The highest BCUT2D eigenvalue weighted by atomic mass is 19.1. The molecule has 0 radical (unpaired) electrons. The fourth-order valence-electron chi connectivity index (χ4n) is 3.82. The number of pyridine rings is 1. The van der Waals surface area contributed by atoms with Gasteiger partial charge in [-0.25, -0.2) is 23.3 Å². The summed E-state index contributed by atoms with van der Waals surface area (Å²) in [6.07, 6.45) is 3.19. The van der Waals surface area contributed by atoms with Gasteiger partial charge >= 0.3 is 0 Å². The van der Waals surface area contributed by atoms with Crippen molar-refractivity contribution in [3.63, 3.8) is 0 Å². The molecule has 5 rings (SSSR count). The van der Waals surface area contributed by atoms with Crippen molar-refractivity contribution < 1.29 is 18.3 Å². The number of amides is 1.